The lowest BCUT2D eigenvalue weighted by molar-refractivity contribution is 0.174. The Bertz CT molecular complexity index is 1170. The number of hydrogen-bond donors (Lipinski definition) is 2. The number of aliphatic hydroxyl groups excluding tert-OH is 1. The van der Waals surface area contributed by atoms with Crippen molar-refractivity contribution in [2.24, 2.45) is 0 Å². The predicted molar refractivity (Wildman–Crippen MR) is 129 cm³/mol. The number of benzene rings is 3. The van der Waals surface area contributed by atoms with E-state index in [0.29, 0.717) is 12.5 Å². The van der Waals surface area contributed by atoms with Gasteiger partial charge in [-0.25, -0.2) is 0 Å². The lowest BCUT2D eigenvalue weighted by atomic mass is 9.85. The lowest BCUT2D eigenvalue weighted by Gasteiger charge is -2.31. The molecule has 2 aliphatic rings. The van der Waals surface area contributed by atoms with Gasteiger partial charge >= 0.3 is 0 Å². The van der Waals surface area contributed by atoms with Crippen molar-refractivity contribution in [3.63, 3.8) is 0 Å². The first-order chi connectivity index (χ1) is 16.1. The Kier molecular flexibility index (Phi) is 6.07. The molecule has 0 saturated carbocycles. The molecule has 2 N–H and O–H groups in total. The Labute approximate surface area is 194 Å². The fourth-order valence-electron chi connectivity index (χ4n) is 4.48. The van der Waals surface area contributed by atoms with Gasteiger partial charge in [-0.05, 0) is 64.9 Å². The minimum Gasteiger partial charge on any atom is -0.489 e. The highest BCUT2D eigenvalue weighted by Crippen LogP contribution is 2.38. The van der Waals surface area contributed by atoms with Crippen molar-refractivity contribution in [1.82, 2.24) is 5.32 Å². The highest BCUT2D eigenvalue weighted by molar-refractivity contribution is 5.62. The van der Waals surface area contributed by atoms with Gasteiger partial charge in [-0.15, -0.1) is 0 Å². The largest absolute Gasteiger partial charge is 0.489 e. The Morgan fingerprint density at radius 3 is 2.64 bits per heavy atom. The number of aryl methyl sites for hydroxylation is 1. The maximum Gasteiger partial charge on any atom is 0.231 e. The predicted octanol–water partition coefficient (Wildman–Crippen LogP) is 5.26. The van der Waals surface area contributed by atoms with Crippen LogP contribution in [0.3, 0.4) is 0 Å². The fourth-order valence-corrected chi connectivity index (χ4v) is 4.48. The van der Waals surface area contributed by atoms with E-state index in [-0.39, 0.29) is 19.4 Å². The van der Waals surface area contributed by atoms with Gasteiger partial charge in [0.1, 0.15) is 12.4 Å². The van der Waals surface area contributed by atoms with Crippen molar-refractivity contribution in [3.05, 3.63) is 94.1 Å². The lowest BCUT2D eigenvalue weighted by Crippen LogP contribution is -2.31. The van der Waals surface area contributed by atoms with Gasteiger partial charge in [-0.2, -0.15) is 0 Å². The molecular formula is C28H29NO4. The molecule has 0 spiro atoms. The van der Waals surface area contributed by atoms with Crippen LogP contribution in [0, 0.1) is 6.92 Å². The third-order valence-corrected chi connectivity index (χ3v) is 6.41. The van der Waals surface area contributed by atoms with Crippen LogP contribution in [0.1, 0.15) is 52.3 Å². The van der Waals surface area contributed by atoms with Gasteiger partial charge in [0, 0.05) is 12.1 Å². The summed E-state index contributed by atoms with van der Waals surface area (Å²) in [6, 6.07) is 18.4. The van der Waals surface area contributed by atoms with Crippen LogP contribution in [0.25, 0.3) is 6.08 Å². The number of hydrogen-bond acceptors (Lipinski definition) is 5. The number of aliphatic hydroxyl groups is 1. The van der Waals surface area contributed by atoms with Crippen LogP contribution in [0.15, 0.2) is 60.7 Å². The maximum absolute atomic E-state index is 10.1. The van der Waals surface area contributed by atoms with Crippen LogP contribution >= 0.6 is 0 Å². The molecule has 2 unspecified atom stereocenters. The Hall–Kier alpha value is -3.28. The van der Waals surface area contributed by atoms with Gasteiger partial charge in [0.05, 0.1) is 12.6 Å². The first-order valence-corrected chi connectivity index (χ1v) is 11.4. The number of rotatable bonds is 6. The van der Waals surface area contributed by atoms with Gasteiger partial charge in [0.2, 0.25) is 6.79 Å². The second-order valence-corrected chi connectivity index (χ2v) is 8.73. The second kappa shape index (κ2) is 9.30. The summed E-state index contributed by atoms with van der Waals surface area (Å²) in [4.78, 5) is 0. The smallest absolute Gasteiger partial charge is 0.231 e. The van der Waals surface area contributed by atoms with Crippen molar-refractivity contribution in [3.8, 4) is 17.2 Å². The molecule has 0 bridgehead atoms. The zero-order valence-corrected chi connectivity index (χ0v) is 19.0. The van der Waals surface area contributed by atoms with E-state index in [4.69, 9.17) is 14.2 Å². The highest BCUT2D eigenvalue weighted by atomic mass is 16.7. The van der Waals surface area contributed by atoms with Crippen molar-refractivity contribution in [1.29, 1.82) is 0 Å². The maximum atomic E-state index is 10.1. The van der Waals surface area contributed by atoms with Crippen LogP contribution in [0.2, 0.25) is 0 Å². The topological polar surface area (TPSA) is 60.0 Å². The summed E-state index contributed by atoms with van der Waals surface area (Å²) in [7, 11) is 0. The third kappa shape index (κ3) is 4.47. The van der Waals surface area contributed by atoms with Gasteiger partial charge < -0.3 is 24.6 Å². The monoisotopic (exact) mass is 443 g/mol. The van der Waals surface area contributed by atoms with E-state index in [2.05, 4.69) is 43.4 Å². The van der Waals surface area contributed by atoms with Gasteiger partial charge in [0.15, 0.2) is 11.5 Å². The summed E-state index contributed by atoms with van der Waals surface area (Å²) in [6.07, 6.45) is 4.31. The molecule has 5 rings (SSSR count). The molecule has 5 nitrogen and oxygen atoms in total. The summed E-state index contributed by atoms with van der Waals surface area (Å²) in [6.45, 7) is 5.85. The van der Waals surface area contributed by atoms with Crippen LogP contribution in [0.5, 0.6) is 17.2 Å². The molecule has 0 fully saturated rings. The second-order valence-electron chi connectivity index (χ2n) is 8.73. The molecule has 0 saturated heterocycles. The van der Waals surface area contributed by atoms with E-state index in [1.807, 2.05) is 42.5 Å². The van der Waals surface area contributed by atoms with Crippen molar-refractivity contribution in [2.75, 3.05) is 13.3 Å². The van der Waals surface area contributed by atoms with Crippen LogP contribution in [0.4, 0.5) is 0 Å². The fraction of sp³-hybridized carbons (Fsp3) is 0.286. The Morgan fingerprint density at radius 2 is 1.85 bits per heavy atom. The van der Waals surface area contributed by atoms with E-state index < -0.39 is 0 Å². The molecule has 5 heteroatoms. The molecule has 170 valence electrons. The SMILES string of the molecule is Cc1cc2c(cc1/C=C/C1NCC(C)c3cc(OCc4ccccc4)c(CO)cc31)OCO2. The van der Waals surface area contributed by atoms with Gasteiger partial charge in [-0.1, -0.05) is 49.4 Å². The Balaban J connectivity index is 1.42. The zero-order valence-electron chi connectivity index (χ0n) is 19.0. The van der Waals surface area contributed by atoms with Crippen LogP contribution < -0.4 is 19.5 Å². The molecule has 0 amide bonds. The number of fused-ring (bicyclic) bond motifs is 2. The van der Waals surface area contributed by atoms with Crippen molar-refractivity contribution >= 4 is 6.08 Å². The van der Waals surface area contributed by atoms with E-state index in [1.165, 1.54) is 11.1 Å². The summed E-state index contributed by atoms with van der Waals surface area (Å²) in [5.41, 5.74) is 6.59. The molecular weight excluding hydrogens is 414 g/mol. The molecule has 0 aromatic heterocycles. The van der Waals surface area contributed by atoms with Gasteiger partial charge in [-0.3, -0.25) is 0 Å². The first-order valence-electron chi connectivity index (χ1n) is 11.4. The molecule has 0 aliphatic carbocycles. The van der Waals surface area contributed by atoms with E-state index in [9.17, 15) is 5.11 Å². The summed E-state index contributed by atoms with van der Waals surface area (Å²) < 4.78 is 17.1. The van der Waals surface area contributed by atoms with Gasteiger partial charge in [0.25, 0.3) is 0 Å². The van der Waals surface area contributed by atoms with E-state index >= 15 is 0 Å². The van der Waals surface area contributed by atoms with Crippen molar-refractivity contribution in [2.45, 2.75) is 39.0 Å². The molecule has 2 atom stereocenters. The molecule has 3 aromatic carbocycles. The summed E-state index contributed by atoms with van der Waals surface area (Å²) in [5.74, 6) is 2.69. The third-order valence-electron chi connectivity index (χ3n) is 6.41. The van der Waals surface area contributed by atoms with Crippen molar-refractivity contribution < 1.29 is 19.3 Å². The first kappa shape index (κ1) is 21.6. The van der Waals surface area contributed by atoms with Crippen LogP contribution in [-0.2, 0) is 13.2 Å². The number of nitrogens with one attached hydrogen (secondary N) is 1. The molecule has 3 aromatic rings. The standard InChI is InChI=1S/C28H29NO4/c1-18-10-27-28(33-17-32-27)12-21(18)8-9-25-24-11-22(15-30)26(13-23(24)19(2)14-29-25)31-16-20-6-4-3-5-7-20/h3-13,19,25,29-30H,14-17H2,1-2H3/b9-8+. The average molecular weight is 444 g/mol. The zero-order chi connectivity index (χ0) is 22.8. The molecule has 0 radical (unpaired) electrons. The summed E-state index contributed by atoms with van der Waals surface area (Å²) >= 11 is 0. The average Bonchev–Trinajstić information content (AvgIpc) is 3.29. The minimum atomic E-state index is -0.0660. The normalized spacial score (nSPS) is 19.0. The number of ether oxygens (including phenoxy) is 3. The highest BCUT2D eigenvalue weighted by Gasteiger charge is 2.25. The Morgan fingerprint density at radius 1 is 1.06 bits per heavy atom. The summed E-state index contributed by atoms with van der Waals surface area (Å²) in [5, 5.41) is 13.7. The quantitative estimate of drug-likeness (QED) is 0.545. The molecule has 33 heavy (non-hydrogen) atoms. The molecule has 2 aliphatic heterocycles. The minimum absolute atomic E-state index is 0.0505. The molecule has 2 heterocycles. The van der Waals surface area contributed by atoms with E-state index in [1.54, 1.807) is 0 Å². The van der Waals surface area contributed by atoms with Crippen LogP contribution in [-0.4, -0.2) is 18.4 Å². The van der Waals surface area contributed by atoms with E-state index in [0.717, 1.165) is 46.0 Å².